The number of hydrogen-bond acceptors (Lipinski definition) is 3. The second-order valence-electron chi connectivity index (χ2n) is 5.01. The number of rotatable bonds is 6. The van der Waals surface area contributed by atoms with Crippen LogP contribution in [0.4, 0.5) is 14.5 Å². The summed E-state index contributed by atoms with van der Waals surface area (Å²) in [6.45, 7) is 1.74. The van der Waals surface area contributed by atoms with Crippen molar-refractivity contribution in [2.24, 2.45) is 0 Å². The zero-order valence-corrected chi connectivity index (χ0v) is 12.7. The average molecular weight is 320 g/mol. The topological polar surface area (TPSA) is 61.4 Å². The predicted molar refractivity (Wildman–Crippen MR) is 84.3 cm³/mol. The van der Waals surface area contributed by atoms with Crippen LogP contribution < -0.4 is 10.6 Å². The van der Waals surface area contributed by atoms with Gasteiger partial charge in [0.2, 0.25) is 0 Å². The summed E-state index contributed by atoms with van der Waals surface area (Å²) in [5.41, 5.74) is 1.67. The zero-order valence-electron chi connectivity index (χ0n) is 12.7. The third kappa shape index (κ3) is 4.04. The number of benzene rings is 2. The molecule has 2 aromatic rings. The molecule has 0 aliphatic heterocycles. The first-order valence-corrected chi connectivity index (χ1v) is 7.20. The number of anilines is 1. The van der Waals surface area contributed by atoms with Gasteiger partial charge in [-0.1, -0.05) is 12.1 Å². The van der Waals surface area contributed by atoms with E-state index in [-0.39, 0.29) is 31.2 Å². The molecule has 0 saturated heterocycles. The molecular formula is C17H18F2N2O2. The van der Waals surface area contributed by atoms with Gasteiger partial charge in [0, 0.05) is 29.9 Å². The quantitative estimate of drug-likeness (QED) is 0.767. The SMILES string of the molecule is Cc1c(NCc2c(F)cccc2F)cccc1C(=O)NCCO. The van der Waals surface area contributed by atoms with Crippen LogP contribution in [0.3, 0.4) is 0 Å². The molecule has 0 atom stereocenters. The van der Waals surface area contributed by atoms with E-state index in [1.807, 2.05) is 0 Å². The Kier molecular flexibility index (Phi) is 5.65. The molecule has 0 aliphatic rings. The van der Waals surface area contributed by atoms with E-state index in [1.54, 1.807) is 25.1 Å². The number of aliphatic hydroxyl groups is 1. The van der Waals surface area contributed by atoms with Gasteiger partial charge < -0.3 is 15.7 Å². The Morgan fingerprint density at radius 1 is 1.13 bits per heavy atom. The van der Waals surface area contributed by atoms with Crippen molar-refractivity contribution in [1.29, 1.82) is 0 Å². The zero-order chi connectivity index (χ0) is 16.8. The molecule has 0 radical (unpaired) electrons. The van der Waals surface area contributed by atoms with Gasteiger partial charge >= 0.3 is 0 Å². The minimum atomic E-state index is -0.619. The van der Waals surface area contributed by atoms with Gasteiger partial charge in [-0.05, 0) is 36.8 Å². The Morgan fingerprint density at radius 3 is 2.43 bits per heavy atom. The minimum Gasteiger partial charge on any atom is -0.395 e. The highest BCUT2D eigenvalue weighted by Gasteiger charge is 2.12. The molecule has 0 spiro atoms. The Morgan fingerprint density at radius 2 is 1.78 bits per heavy atom. The first-order valence-electron chi connectivity index (χ1n) is 7.20. The molecule has 0 unspecified atom stereocenters. The lowest BCUT2D eigenvalue weighted by Gasteiger charge is -2.14. The van der Waals surface area contributed by atoms with Gasteiger partial charge in [0.25, 0.3) is 5.91 Å². The molecule has 0 aliphatic carbocycles. The second kappa shape index (κ2) is 7.69. The molecule has 122 valence electrons. The smallest absolute Gasteiger partial charge is 0.251 e. The maximum atomic E-state index is 13.6. The maximum Gasteiger partial charge on any atom is 0.251 e. The van der Waals surface area contributed by atoms with Crippen LogP contribution in [0, 0.1) is 18.6 Å². The minimum absolute atomic E-state index is 0.0267. The number of carbonyl (C=O) groups excluding carboxylic acids is 1. The van der Waals surface area contributed by atoms with E-state index < -0.39 is 11.6 Å². The lowest BCUT2D eigenvalue weighted by molar-refractivity contribution is 0.0944. The fourth-order valence-corrected chi connectivity index (χ4v) is 2.22. The summed E-state index contributed by atoms with van der Waals surface area (Å²) in [4.78, 5) is 12.0. The lowest BCUT2D eigenvalue weighted by Crippen LogP contribution is -2.27. The van der Waals surface area contributed by atoms with Crippen LogP contribution in [-0.2, 0) is 6.54 Å². The number of aliphatic hydroxyl groups excluding tert-OH is 1. The van der Waals surface area contributed by atoms with Crippen molar-refractivity contribution in [3.8, 4) is 0 Å². The predicted octanol–water partition coefficient (Wildman–Crippen LogP) is 2.61. The van der Waals surface area contributed by atoms with Crippen molar-refractivity contribution < 1.29 is 18.7 Å². The molecule has 2 aromatic carbocycles. The van der Waals surface area contributed by atoms with Gasteiger partial charge in [0.05, 0.1) is 6.61 Å². The van der Waals surface area contributed by atoms with Crippen molar-refractivity contribution in [3.05, 3.63) is 64.7 Å². The molecule has 0 aromatic heterocycles. The monoisotopic (exact) mass is 320 g/mol. The summed E-state index contributed by atoms with van der Waals surface area (Å²) in [7, 11) is 0. The van der Waals surface area contributed by atoms with Crippen molar-refractivity contribution in [1.82, 2.24) is 5.32 Å². The summed E-state index contributed by atoms with van der Waals surface area (Å²) in [5.74, 6) is -1.55. The summed E-state index contributed by atoms with van der Waals surface area (Å²) >= 11 is 0. The van der Waals surface area contributed by atoms with E-state index in [1.165, 1.54) is 18.2 Å². The molecule has 0 fully saturated rings. The van der Waals surface area contributed by atoms with Crippen molar-refractivity contribution in [2.45, 2.75) is 13.5 Å². The van der Waals surface area contributed by atoms with Gasteiger partial charge in [-0.25, -0.2) is 8.78 Å². The maximum absolute atomic E-state index is 13.6. The number of nitrogens with one attached hydrogen (secondary N) is 2. The van der Waals surface area contributed by atoms with Crippen LogP contribution in [0.25, 0.3) is 0 Å². The average Bonchev–Trinajstić information content (AvgIpc) is 2.53. The molecule has 3 N–H and O–H groups in total. The summed E-state index contributed by atoms with van der Waals surface area (Å²) in [6, 6.07) is 8.78. The van der Waals surface area contributed by atoms with Crippen LogP contribution >= 0.6 is 0 Å². The molecule has 0 heterocycles. The first kappa shape index (κ1) is 16.9. The van der Waals surface area contributed by atoms with E-state index in [0.29, 0.717) is 16.8 Å². The fourth-order valence-electron chi connectivity index (χ4n) is 2.22. The van der Waals surface area contributed by atoms with Gasteiger partial charge in [-0.3, -0.25) is 4.79 Å². The third-order valence-corrected chi connectivity index (χ3v) is 3.49. The van der Waals surface area contributed by atoms with Crippen LogP contribution in [0.15, 0.2) is 36.4 Å². The molecule has 1 amide bonds. The lowest BCUT2D eigenvalue weighted by atomic mass is 10.1. The number of halogens is 2. The molecular weight excluding hydrogens is 302 g/mol. The Bertz CT molecular complexity index is 685. The van der Waals surface area contributed by atoms with Gasteiger partial charge in [0.15, 0.2) is 0 Å². The second-order valence-corrected chi connectivity index (χ2v) is 5.01. The molecule has 23 heavy (non-hydrogen) atoms. The highest BCUT2D eigenvalue weighted by atomic mass is 19.1. The summed E-state index contributed by atoms with van der Waals surface area (Å²) in [6.07, 6.45) is 0. The Balaban J connectivity index is 2.16. The fraction of sp³-hybridized carbons (Fsp3) is 0.235. The van der Waals surface area contributed by atoms with Gasteiger partial charge in [-0.15, -0.1) is 0 Å². The van der Waals surface area contributed by atoms with Gasteiger partial charge in [0.1, 0.15) is 11.6 Å². The molecule has 4 nitrogen and oxygen atoms in total. The number of hydrogen-bond donors (Lipinski definition) is 3. The van der Waals surface area contributed by atoms with E-state index in [9.17, 15) is 13.6 Å². The van der Waals surface area contributed by atoms with Crippen LogP contribution in [-0.4, -0.2) is 24.2 Å². The molecule has 0 saturated carbocycles. The summed E-state index contributed by atoms with van der Waals surface area (Å²) in [5, 5.41) is 14.3. The van der Waals surface area contributed by atoms with E-state index in [0.717, 1.165) is 0 Å². The molecule has 6 heteroatoms. The number of carbonyl (C=O) groups is 1. The van der Waals surface area contributed by atoms with E-state index >= 15 is 0 Å². The van der Waals surface area contributed by atoms with Gasteiger partial charge in [-0.2, -0.15) is 0 Å². The van der Waals surface area contributed by atoms with Crippen LogP contribution in [0.5, 0.6) is 0 Å². The van der Waals surface area contributed by atoms with Crippen LogP contribution in [0.1, 0.15) is 21.5 Å². The third-order valence-electron chi connectivity index (χ3n) is 3.49. The van der Waals surface area contributed by atoms with Crippen molar-refractivity contribution >= 4 is 11.6 Å². The Labute approximate surface area is 133 Å². The molecule has 2 rings (SSSR count). The normalized spacial score (nSPS) is 10.4. The highest BCUT2D eigenvalue weighted by Crippen LogP contribution is 2.21. The van der Waals surface area contributed by atoms with E-state index in [2.05, 4.69) is 10.6 Å². The number of amides is 1. The van der Waals surface area contributed by atoms with Crippen LogP contribution in [0.2, 0.25) is 0 Å². The Hall–Kier alpha value is -2.47. The largest absolute Gasteiger partial charge is 0.395 e. The summed E-state index contributed by atoms with van der Waals surface area (Å²) < 4.78 is 27.3. The standard InChI is InChI=1S/C17H18F2N2O2/c1-11-12(17(23)20-8-9-22)4-2-7-16(11)21-10-13-14(18)5-3-6-15(13)19/h2-7,21-22H,8-10H2,1H3,(H,20,23). The highest BCUT2D eigenvalue weighted by molar-refractivity contribution is 5.97. The molecule has 0 bridgehead atoms. The first-order chi connectivity index (χ1) is 11.0. The van der Waals surface area contributed by atoms with E-state index in [4.69, 9.17) is 5.11 Å². The van der Waals surface area contributed by atoms with Crippen molar-refractivity contribution in [3.63, 3.8) is 0 Å². The van der Waals surface area contributed by atoms with Crippen molar-refractivity contribution in [2.75, 3.05) is 18.5 Å².